The van der Waals surface area contributed by atoms with Crippen molar-refractivity contribution in [3.8, 4) is 0 Å². The summed E-state index contributed by atoms with van der Waals surface area (Å²) < 4.78 is 11.2. The van der Waals surface area contributed by atoms with E-state index in [1.165, 1.54) is 12.8 Å². The summed E-state index contributed by atoms with van der Waals surface area (Å²) in [5, 5.41) is 3.27. The maximum absolute atomic E-state index is 5.77. The van der Waals surface area contributed by atoms with Crippen LogP contribution in [0, 0.1) is 0 Å². The molecule has 0 saturated heterocycles. The van der Waals surface area contributed by atoms with Gasteiger partial charge in [-0.1, -0.05) is 26.7 Å². The van der Waals surface area contributed by atoms with E-state index in [1.54, 1.807) is 7.11 Å². The van der Waals surface area contributed by atoms with Gasteiger partial charge >= 0.3 is 8.56 Å². The van der Waals surface area contributed by atoms with Crippen molar-refractivity contribution < 1.29 is 8.85 Å². The van der Waals surface area contributed by atoms with Crippen molar-refractivity contribution in [2.45, 2.75) is 45.7 Å². The molecule has 0 aromatic rings. The zero-order chi connectivity index (χ0) is 10.9. The van der Waals surface area contributed by atoms with Crippen molar-refractivity contribution in [2.24, 2.45) is 0 Å². The van der Waals surface area contributed by atoms with Crippen molar-refractivity contribution in [2.75, 3.05) is 20.4 Å². The van der Waals surface area contributed by atoms with Crippen LogP contribution in [0.2, 0.25) is 12.6 Å². The highest BCUT2D eigenvalue weighted by Gasteiger charge is 2.28. The van der Waals surface area contributed by atoms with Crippen LogP contribution in [-0.4, -0.2) is 28.9 Å². The summed E-state index contributed by atoms with van der Waals surface area (Å²) >= 11 is 0. The van der Waals surface area contributed by atoms with Gasteiger partial charge in [-0.05, 0) is 25.6 Å². The minimum atomic E-state index is -1.85. The van der Waals surface area contributed by atoms with Gasteiger partial charge in [-0.15, -0.1) is 0 Å². The molecule has 0 aliphatic heterocycles. The Balaban J connectivity index is 3.51. The number of rotatable bonds is 9. The molecule has 0 saturated carbocycles. The van der Waals surface area contributed by atoms with E-state index >= 15 is 0 Å². The minimum Gasteiger partial charge on any atom is -0.398 e. The molecule has 3 nitrogen and oxygen atoms in total. The largest absolute Gasteiger partial charge is 0.398 e. The van der Waals surface area contributed by atoms with Crippen LogP contribution in [0.1, 0.15) is 33.1 Å². The molecule has 4 heteroatoms. The number of unbranched alkanes of at least 4 members (excludes halogenated alkanes) is 1. The van der Waals surface area contributed by atoms with E-state index in [9.17, 15) is 0 Å². The van der Waals surface area contributed by atoms with Crippen molar-refractivity contribution in [1.29, 1.82) is 0 Å². The number of nitrogens with one attached hydrogen (secondary N) is 1. The second kappa shape index (κ2) is 8.41. The fourth-order valence-corrected chi connectivity index (χ4v) is 3.05. The Hall–Kier alpha value is 0.0969. The third-order valence-corrected chi connectivity index (χ3v) is 5.35. The second-order valence-corrected chi connectivity index (χ2v) is 7.19. The zero-order valence-corrected chi connectivity index (χ0v) is 11.1. The summed E-state index contributed by atoms with van der Waals surface area (Å²) in [7, 11) is -0.0882. The minimum absolute atomic E-state index is 0.635. The van der Waals surface area contributed by atoms with Crippen LogP contribution in [0.4, 0.5) is 0 Å². The van der Waals surface area contributed by atoms with E-state index in [1.807, 2.05) is 0 Å². The molecule has 0 aliphatic carbocycles. The molecule has 0 aromatic heterocycles. The first-order valence-corrected chi connectivity index (χ1v) is 8.10. The van der Waals surface area contributed by atoms with Crippen molar-refractivity contribution in [3.05, 3.63) is 0 Å². The predicted molar refractivity (Wildman–Crippen MR) is 62.6 cm³/mol. The van der Waals surface area contributed by atoms with Gasteiger partial charge < -0.3 is 8.85 Å². The number of hydrogen-bond donors (Lipinski definition) is 1. The lowest BCUT2D eigenvalue weighted by Crippen LogP contribution is -2.40. The van der Waals surface area contributed by atoms with Gasteiger partial charge in [0.15, 0.2) is 0 Å². The fraction of sp³-hybridized carbons (Fsp3) is 1.00. The van der Waals surface area contributed by atoms with Crippen molar-refractivity contribution in [1.82, 2.24) is 5.32 Å². The third-order valence-electron chi connectivity index (χ3n) is 2.32. The summed E-state index contributed by atoms with van der Waals surface area (Å²) in [6.07, 6.45) is 3.56. The molecule has 0 fully saturated rings. The normalized spacial score (nSPS) is 15.4. The standard InChI is InChI=1S/C10H25NO2Si/c1-5-7-8-11-10-13-14(4,12-3)9-6-2/h11H,5-10H2,1-4H3. The molecule has 0 aromatic carbocycles. The molecule has 1 unspecified atom stereocenters. The lowest BCUT2D eigenvalue weighted by Gasteiger charge is -2.24. The van der Waals surface area contributed by atoms with Crippen LogP contribution in [0.3, 0.4) is 0 Å². The van der Waals surface area contributed by atoms with E-state index in [0.717, 1.165) is 19.0 Å². The molecule has 14 heavy (non-hydrogen) atoms. The lowest BCUT2D eigenvalue weighted by molar-refractivity contribution is 0.188. The molecule has 86 valence electrons. The van der Waals surface area contributed by atoms with Crippen LogP contribution in [0.5, 0.6) is 0 Å². The van der Waals surface area contributed by atoms with Gasteiger partial charge in [-0.2, -0.15) is 0 Å². The maximum Gasteiger partial charge on any atom is 0.335 e. The lowest BCUT2D eigenvalue weighted by atomic mass is 10.3. The van der Waals surface area contributed by atoms with Gasteiger partial charge in [0.25, 0.3) is 0 Å². The van der Waals surface area contributed by atoms with E-state index in [-0.39, 0.29) is 0 Å². The zero-order valence-electron chi connectivity index (χ0n) is 10.1. The Kier molecular flexibility index (Phi) is 8.47. The van der Waals surface area contributed by atoms with Gasteiger partial charge in [0.2, 0.25) is 0 Å². The molecular formula is C10H25NO2Si. The second-order valence-electron chi connectivity index (χ2n) is 3.73. The SMILES string of the molecule is CCCCNCO[Si](C)(CCC)OC. The average molecular weight is 219 g/mol. The molecule has 1 atom stereocenters. The van der Waals surface area contributed by atoms with Crippen molar-refractivity contribution >= 4 is 8.56 Å². The summed E-state index contributed by atoms with van der Waals surface area (Å²) in [6.45, 7) is 8.15. The van der Waals surface area contributed by atoms with Crippen molar-refractivity contribution in [3.63, 3.8) is 0 Å². The highest BCUT2D eigenvalue weighted by molar-refractivity contribution is 6.65. The first-order valence-electron chi connectivity index (χ1n) is 5.58. The molecule has 0 rings (SSSR count). The third kappa shape index (κ3) is 6.54. The molecule has 0 radical (unpaired) electrons. The Morgan fingerprint density at radius 1 is 1.21 bits per heavy atom. The Morgan fingerprint density at radius 2 is 1.93 bits per heavy atom. The molecule has 0 spiro atoms. The van der Waals surface area contributed by atoms with Gasteiger partial charge in [0.1, 0.15) is 0 Å². The maximum atomic E-state index is 5.77. The van der Waals surface area contributed by atoms with Gasteiger partial charge in [0.05, 0.1) is 6.73 Å². The quantitative estimate of drug-likeness (QED) is 0.367. The Bertz CT molecular complexity index is 135. The highest BCUT2D eigenvalue weighted by Crippen LogP contribution is 2.13. The van der Waals surface area contributed by atoms with Gasteiger partial charge in [0, 0.05) is 7.11 Å². The predicted octanol–water partition coefficient (Wildman–Crippen LogP) is 2.48. The molecular weight excluding hydrogens is 194 g/mol. The highest BCUT2D eigenvalue weighted by atomic mass is 28.4. The average Bonchev–Trinajstić information content (AvgIpc) is 2.18. The van der Waals surface area contributed by atoms with Crippen LogP contribution < -0.4 is 5.32 Å². The monoisotopic (exact) mass is 219 g/mol. The fourth-order valence-electron chi connectivity index (χ4n) is 1.26. The first-order chi connectivity index (χ1) is 6.68. The Labute approximate surface area is 89.4 Å². The smallest absolute Gasteiger partial charge is 0.335 e. The summed E-state index contributed by atoms with van der Waals surface area (Å²) in [5.74, 6) is 0. The summed E-state index contributed by atoms with van der Waals surface area (Å²) in [6, 6.07) is 1.07. The van der Waals surface area contributed by atoms with E-state index in [0.29, 0.717) is 6.73 Å². The van der Waals surface area contributed by atoms with Crippen LogP contribution in [0.25, 0.3) is 0 Å². The molecule has 0 aliphatic rings. The van der Waals surface area contributed by atoms with E-state index in [4.69, 9.17) is 8.85 Å². The summed E-state index contributed by atoms with van der Waals surface area (Å²) in [4.78, 5) is 0. The van der Waals surface area contributed by atoms with Gasteiger partial charge in [-0.25, -0.2) is 0 Å². The van der Waals surface area contributed by atoms with Crippen LogP contribution >= 0.6 is 0 Å². The van der Waals surface area contributed by atoms with Crippen LogP contribution in [0.15, 0.2) is 0 Å². The van der Waals surface area contributed by atoms with E-state index in [2.05, 4.69) is 25.7 Å². The summed E-state index contributed by atoms with van der Waals surface area (Å²) in [5.41, 5.74) is 0. The molecule has 0 heterocycles. The first kappa shape index (κ1) is 14.1. The molecule has 1 N–H and O–H groups in total. The van der Waals surface area contributed by atoms with Gasteiger partial charge in [-0.3, -0.25) is 5.32 Å². The topological polar surface area (TPSA) is 30.5 Å². The molecule has 0 amide bonds. The molecule has 0 bridgehead atoms. The number of hydrogen-bond acceptors (Lipinski definition) is 3. The Morgan fingerprint density at radius 3 is 2.43 bits per heavy atom. The van der Waals surface area contributed by atoms with E-state index < -0.39 is 8.56 Å². The van der Waals surface area contributed by atoms with Crippen LogP contribution in [-0.2, 0) is 8.85 Å².